The van der Waals surface area contributed by atoms with Crippen molar-refractivity contribution in [3.8, 4) is 0 Å². The van der Waals surface area contributed by atoms with Crippen molar-refractivity contribution in [2.45, 2.75) is 57.0 Å². The van der Waals surface area contributed by atoms with Crippen LogP contribution in [0, 0.1) is 0 Å². The maximum Gasteiger partial charge on any atom is 0.253 e. The Morgan fingerprint density at radius 1 is 1.00 bits per heavy atom. The lowest BCUT2D eigenvalue weighted by Crippen LogP contribution is -2.42. The van der Waals surface area contributed by atoms with Gasteiger partial charge in [-0.15, -0.1) is 0 Å². The van der Waals surface area contributed by atoms with Crippen LogP contribution in [0.25, 0.3) is 0 Å². The molecule has 1 amide bonds. The second kappa shape index (κ2) is 12.6. The Morgan fingerprint density at radius 2 is 1.76 bits per heavy atom. The third-order valence-electron chi connectivity index (χ3n) is 7.39. The number of aromatic nitrogens is 1. The first-order valence-corrected chi connectivity index (χ1v) is 13.3. The fourth-order valence-corrected chi connectivity index (χ4v) is 5.21. The maximum absolute atomic E-state index is 12.3. The average molecular weight is 518 g/mol. The molecule has 0 radical (unpaired) electrons. The van der Waals surface area contributed by atoms with Crippen LogP contribution in [0.5, 0.6) is 0 Å². The molecule has 3 N–H and O–H groups in total. The summed E-state index contributed by atoms with van der Waals surface area (Å²) in [5, 5.41) is 22.1. The number of benzene rings is 2. The van der Waals surface area contributed by atoms with Crippen molar-refractivity contribution >= 4 is 5.91 Å². The van der Waals surface area contributed by atoms with E-state index in [-0.39, 0.29) is 37.4 Å². The topological polar surface area (TPSA) is 104 Å². The zero-order valence-electron chi connectivity index (χ0n) is 21.4. The van der Waals surface area contributed by atoms with E-state index in [4.69, 9.17) is 9.47 Å². The van der Waals surface area contributed by atoms with Crippen molar-refractivity contribution < 1.29 is 24.5 Å². The number of hydrogen-bond donors (Lipinski definition) is 3. The molecule has 8 heteroatoms. The van der Waals surface area contributed by atoms with Gasteiger partial charge in [0.15, 0.2) is 6.29 Å². The van der Waals surface area contributed by atoms with Crippen LogP contribution in [0.15, 0.2) is 73.1 Å². The van der Waals surface area contributed by atoms with E-state index in [2.05, 4.69) is 15.2 Å². The number of likely N-dealkylation sites (tertiary alicyclic amines) is 1. The molecule has 2 saturated heterocycles. The Bertz CT molecular complexity index is 1170. The van der Waals surface area contributed by atoms with E-state index in [9.17, 15) is 15.0 Å². The number of rotatable bonds is 9. The average Bonchev–Trinajstić information content (AvgIpc) is 3.43. The Hall–Kier alpha value is -3.14. The minimum Gasteiger partial charge on any atom is -0.395 e. The molecule has 3 heterocycles. The van der Waals surface area contributed by atoms with Crippen molar-refractivity contribution in [1.82, 2.24) is 15.2 Å². The number of carbonyl (C=O) groups is 1. The van der Waals surface area contributed by atoms with Gasteiger partial charge in [0.25, 0.3) is 5.91 Å². The van der Waals surface area contributed by atoms with E-state index < -0.39 is 6.29 Å². The van der Waals surface area contributed by atoms with Gasteiger partial charge < -0.3 is 25.0 Å². The molecule has 8 nitrogen and oxygen atoms in total. The molecule has 2 aliphatic heterocycles. The SMILES string of the molecule is O=C(NCc1ccc([C@H]2O[C@@H](CN3CCC[C@H]3CO)C[C@@H](c3ccc(CO)cc3)O2)cc1)c1cccnc1. The summed E-state index contributed by atoms with van der Waals surface area (Å²) in [6.45, 7) is 2.28. The number of amides is 1. The highest BCUT2D eigenvalue weighted by Gasteiger charge is 2.35. The number of carbonyl (C=O) groups excluding carboxylic acids is 1. The summed E-state index contributed by atoms with van der Waals surface area (Å²) in [6, 6.07) is 19.4. The summed E-state index contributed by atoms with van der Waals surface area (Å²) in [5.41, 5.74) is 4.32. The molecule has 0 saturated carbocycles. The predicted molar refractivity (Wildman–Crippen MR) is 142 cm³/mol. The number of nitrogens with zero attached hydrogens (tertiary/aromatic N) is 2. The predicted octanol–water partition coefficient (Wildman–Crippen LogP) is 3.51. The molecule has 2 fully saturated rings. The molecule has 5 rings (SSSR count). The molecule has 0 unspecified atom stereocenters. The van der Waals surface area contributed by atoms with Crippen LogP contribution in [-0.2, 0) is 22.6 Å². The quantitative estimate of drug-likeness (QED) is 0.399. The largest absolute Gasteiger partial charge is 0.395 e. The zero-order chi connectivity index (χ0) is 26.3. The molecule has 0 spiro atoms. The van der Waals surface area contributed by atoms with E-state index in [1.807, 2.05) is 48.5 Å². The summed E-state index contributed by atoms with van der Waals surface area (Å²) in [5.74, 6) is -0.165. The normalized spacial score (nSPS) is 23.8. The third kappa shape index (κ3) is 6.46. The van der Waals surface area contributed by atoms with Gasteiger partial charge in [-0.05, 0) is 48.2 Å². The molecule has 3 aromatic rings. The van der Waals surface area contributed by atoms with Gasteiger partial charge >= 0.3 is 0 Å². The van der Waals surface area contributed by atoms with Gasteiger partial charge in [-0.1, -0.05) is 48.5 Å². The summed E-state index contributed by atoms with van der Waals surface area (Å²) in [6.07, 6.45) is 5.25. The lowest BCUT2D eigenvalue weighted by atomic mass is 9.99. The molecule has 4 atom stereocenters. The van der Waals surface area contributed by atoms with Gasteiger partial charge in [0.2, 0.25) is 0 Å². The number of hydrogen-bond acceptors (Lipinski definition) is 7. The number of pyridine rings is 1. The lowest BCUT2D eigenvalue weighted by molar-refractivity contribution is -0.253. The monoisotopic (exact) mass is 517 g/mol. The summed E-state index contributed by atoms with van der Waals surface area (Å²) >= 11 is 0. The van der Waals surface area contributed by atoms with Crippen molar-refractivity contribution in [3.05, 3.63) is 101 Å². The van der Waals surface area contributed by atoms with Crippen LogP contribution < -0.4 is 5.32 Å². The molecule has 0 bridgehead atoms. The fourth-order valence-electron chi connectivity index (χ4n) is 5.21. The van der Waals surface area contributed by atoms with Crippen LogP contribution in [0.3, 0.4) is 0 Å². The second-order valence-corrected chi connectivity index (χ2v) is 9.99. The van der Waals surface area contributed by atoms with Gasteiger partial charge in [0.1, 0.15) is 0 Å². The first-order chi connectivity index (χ1) is 18.6. The van der Waals surface area contributed by atoms with E-state index in [0.29, 0.717) is 18.5 Å². The smallest absolute Gasteiger partial charge is 0.253 e. The molecule has 1 aromatic heterocycles. The summed E-state index contributed by atoms with van der Waals surface area (Å²) in [4.78, 5) is 18.7. The molecule has 2 aromatic carbocycles. The first-order valence-electron chi connectivity index (χ1n) is 13.3. The van der Waals surface area contributed by atoms with Crippen LogP contribution in [0.4, 0.5) is 0 Å². The Balaban J connectivity index is 1.28. The van der Waals surface area contributed by atoms with Gasteiger partial charge in [0, 0.05) is 43.5 Å². The molecular weight excluding hydrogens is 482 g/mol. The van der Waals surface area contributed by atoms with Crippen LogP contribution in [-0.4, -0.2) is 57.8 Å². The highest BCUT2D eigenvalue weighted by atomic mass is 16.7. The Labute approximate surface area is 223 Å². The summed E-state index contributed by atoms with van der Waals surface area (Å²) in [7, 11) is 0. The highest BCUT2D eigenvalue weighted by molar-refractivity contribution is 5.93. The summed E-state index contributed by atoms with van der Waals surface area (Å²) < 4.78 is 12.9. The van der Waals surface area contributed by atoms with E-state index >= 15 is 0 Å². The number of ether oxygens (including phenoxy) is 2. The van der Waals surface area contributed by atoms with E-state index in [1.54, 1.807) is 24.5 Å². The van der Waals surface area contributed by atoms with Gasteiger partial charge in [-0.25, -0.2) is 0 Å². The number of aliphatic hydroxyl groups is 2. The Kier molecular flexibility index (Phi) is 8.78. The number of aliphatic hydroxyl groups excluding tert-OH is 2. The molecule has 2 aliphatic rings. The van der Waals surface area contributed by atoms with Crippen molar-refractivity contribution in [2.24, 2.45) is 0 Å². The molecule has 38 heavy (non-hydrogen) atoms. The van der Waals surface area contributed by atoms with Crippen LogP contribution >= 0.6 is 0 Å². The number of nitrogens with one attached hydrogen (secondary N) is 1. The van der Waals surface area contributed by atoms with Gasteiger partial charge in [-0.2, -0.15) is 0 Å². The fraction of sp³-hybridized carbons (Fsp3) is 0.400. The Morgan fingerprint density at radius 3 is 2.47 bits per heavy atom. The van der Waals surface area contributed by atoms with Crippen LogP contribution in [0.2, 0.25) is 0 Å². The highest BCUT2D eigenvalue weighted by Crippen LogP contribution is 2.38. The van der Waals surface area contributed by atoms with Gasteiger partial charge in [-0.3, -0.25) is 14.7 Å². The lowest BCUT2D eigenvalue weighted by Gasteiger charge is -2.38. The van der Waals surface area contributed by atoms with Crippen LogP contribution in [0.1, 0.15) is 64.3 Å². The molecule has 200 valence electrons. The molecular formula is C30H35N3O5. The third-order valence-corrected chi connectivity index (χ3v) is 7.39. The maximum atomic E-state index is 12.3. The van der Waals surface area contributed by atoms with Crippen molar-refractivity contribution in [2.75, 3.05) is 19.7 Å². The zero-order valence-corrected chi connectivity index (χ0v) is 21.4. The van der Waals surface area contributed by atoms with E-state index in [1.165, 1.54) is 0 Å². The van der Waals surface area contributed by atoms with Crippen molar-refractivity contribution in [1.29, 1.82) is 0 Å². The molecule has 0 aliphatic carbocycles. The first kappa shape index (κ1) is 26.5. The van der Waals surface area contributed by atoms with E-state index in [0.717, 1.165) is 48.2 Å². The van der Waals surface area contributed by atoms with Gasteiger partial charge in [0.05, 0.1) is 31.0 Å². The van der Waals surface area contributed by atoms with Crippen molar-refractivity contribution in [3.63, 3.8) is 0 Å². The minimum absolute atomic E-state index is 0.00666. The second-order valence-electron chi connectivity index (χ2n) is 9.99. The minimum atomic E-state index is -0.537. The standard InChI is InChI=1S/C30H35N3O5/c34-19-22-7-9-23(10-8-22)28-15-27(18-33-14-2-4-26(33)20-35)37-30(38-28)24-11-5-21(6-12-24)16-32-29(36)25-3-1-13-31-17-25/h1,3,5-13,17,26-28,30,34-35H,2,4,14-16,18-20H2,(H,32,36)/t26-,27+,28-,30-/m0/s1.